The topological polar surface area (TPSA) is 117 Å². The normalized spacial score (nSPS) is 10.6. The number of nitrogens with zero attached hydrogens (tertiary/aromatic N) is 4. The maximum atomic E-state index is 10.8. The van der Waals surface area contributed by atoms with Gasteiger partial charge in [-0.05, 0) is 13.8 Å². The average molecular weight is 275 g/mol. The highest BCUT2D eigenvalue weighted by molar-refractivity contribution is 5.60. The Bertz CT molecular complexity index is 645. The molecular formula is C12H13N5O3. The number of rotatable bonds is 4. The predicted molar refractivity (Wildman–Crippen MR) is 72.1 cm³/mol. The third-order valence-corrected chi connectivity index (χ3v) is 2.29. The van der Waals surface area contributed by atoms with E-state index in [4.69, 9.17) is 10.5 Å². The maximum Gasteiger partial charge on any atom is 0.322 e. The monoisotopic (exact) mass is 275 g/mol. The number of hydrogen-bond acceptors (Lipinski definition) is 7. The van der Waals surface area contributed by atoms with Crippen LogP contribution in [0.2, 0.25) is 0 Å². The van der Waals surface area contributed by atoms with E-state index in [1.807, 2.05) is 13.8 Å². The van der Waals surface area contributed by atoms with Crippen molar-refractivity contribution in [3.63, 3.8) is 0 Å². The van der Waals surface area contributed by atoms with Gasteiger partial charge in [-0.3, -0.25) is 10.1 Å². The fourth-order valence-electron chi connectivity index (χ4n) is 1.52. The molecule has 2 N–H and O–H groups in total. The summed E-state index contributed by atoms with van der Waals surface area (Å²) in [5.74, 6) is 0.231. The molecular weight excluding hydrogens is 262 g/mol. The summed E-state index contributed by atoms with van der Waals surface area (Å²) in [6.07, 6.45) is -0.116. The van der Waals surface area contributed by atoms with Crippen LogP contribution in [0.4, 0.5) is 11.6 Å². The Morgan fingerprint density at radius 3 is 2.70 bits per heavy atom. The molecule has 8 heteroatoms. The van der Waals surface area contributed by atoms with Crippen LogP contribution in [0, 0.1) is 10.1 Å². The number of nitro groups is 1. The van der Waals surface area contributed by atoms with Gasteiger partial charge in [-0.2, -0.15) is 15.0 Å². The molecule has 2 aromatic rings. The van der Waals surface area contributed by atoms with Gasteiger partial charge in [-0.1, -0.05) is 12.1 Å². The number of anilines is 1. The highest BCUT2D eigenvalue weighted by atomic mass is 16.6. The van der Waals surface area contributed by atoms with Crippen LogP contribution in [0.5, 0.6) is 6.01 Å². The number of ether oxygens (including phenoxy) is 1. The van der Waals surface area contributed by atoms with Gasteiger partial charge < -0.3 is 10.5 Å². The molecule has 8 nitrogen and oxygen atoms in total. The highest BCUT2D eigenvalue weighted by Crippen LogP contribution is 2.22. The first-order chi connectivity index (χ1) is 9.45. The maximum absolute atomic E-state index is 10.8. The van der Waals surface area contributed by atoms with Crippen molar-refractivity contribution in [3.8, 4) is 17.4 Å². The van der Waals surface area contributed by atoms with Crippen LogP contribution < -0.4 is 10.5 Å². The molecule has 0 spiro atoms. The molecule has 0 radical (unpaired) electrons. The number of nitro benzene ring substituents is 1. The van der Waals surface area contributed by atoms with Crippen LogP contribution in [0.25, 0.3) is 11.4 Å². The Kier molecular flexibility index (Phi) is 3.74. The summed E-state index contributed by atoms with van der Waals surface area (Å²) in [7, 11) is 0. The molecule has 0 aliphatic heterocycles. The predicted octanol–water partition coefficient (Wildman–Crippen LogP) is 1.82. The van der Waals surface area contributed by atoms with Gasteiger partial charge in [0.2, 0.25) is 5.95 Å². The quantitative estimate of drug-likeness (QED) is 0.667. The zero-order chi connectivity index (χ0) is 14.7. The molecule has 0 atom stereocenters. The van der Waals surface area contributed by atoms with E-state index in [1.165, 1.54) is 12.1 Å². The molecule has 0 aliphatic carbocycles. The third-order valence-electron chi connectivity index (χ3n) is 2.29. The minimum absolute atomic E-state index is 0.00263. The van der Waals surface area contributed by atoms with Gasteiger partial charge in [0.25, 0.3) is 5.69 Å². The van der Waals surface area contributed by atoms with E-state index in [0.29, 0.717) is 5.56 Å². The van der Waals surface area contributed by atoms with Crippen molar-refractivity contribution in [1.82, 2.24) is 15.0 Å². The van der Waals surface area contributed by atoms with Gasteiger partial charge in [0, 0.05) is 17.7 Å². The molecule has 1 aromatic carbocycles. The molecule has 1 heterocycles. The first-order valence-electron chi connectivity index (χ1n) is 5.88. The van der Waals surface area contributed by atoms with Crippen molar-refractivity contribution < 1.29 is 9.66 Å². The van der Waals surface area contributed by atoms with Crippen LogP contribution in [-0.4, -0.2) is 26.0 Å². The average Bonchev–Trinajstić information content (AvgIpc) is 2.37. The standard InChI is InChI=1S/C12H13N5O3/c1-7(2)20-12-15-10(14-11(13)16-12)8-4-3-5-9(6-8)17(18)19/h3-7H,1-2H3,(H2,13,14,15,16). The van der Waals surface area contributed by atoms with E-state index in [1.54, 1.807) is 12.1 Å². The second kappa shape index (κ2) is 5.47. The van der Waals surface area contributed by atoms with E-state index in [-0.39, 0.29) is 29.6 Å². The van der Waals surface area contributed by atoms with Gasteiger partial charge in [-0.15, -0.1) is 0 Å². The number of nitrogens with two attached hydrogens (primary N) is 1. The van der Waals surface area contributed by atoms with Crippen molar-refractivity contribution in [3.05, 3.63) is 34.4 Å². The molecule has 0 saturated carbocycles. The minimum atomic E-state index is -0.487. The molecule has 0 fully saturated rings. The van der Waals surface area contributed by atoms with Crippen LogP contribution in [0.1, 0.15) is 13.8 Å². The Morgan fingerprint density at radius 2 is 2.05 bits per heavy atom. The summed E-state index contributed by atoms with van der Waals surface area (Å²) in [4.78, 5) is 22.2. The Balaban J connectivity index is 2.44. The van der Waals surface area contributed by atoms with Crippen molar-refractivity contribution >= 4 is 11.6 Å². The van der Waals surface area contributed by atoms with E-state index in [2.05, 4.69) is 15.0 Å². The first kappa shape index (κ1) is 13.7. The van der Waals surface area contributed by atoms with E-state index < -0.39 is 4.92 Å². The van der Waals surface area contributed by atoms with Crippen molar-refractivity contribution in [2.45, 2.75) is 20.0 Å². The lowest BCUT2D eigenvalue weighted by Crippen LogP contribution is -2.11. The van der Waals surface area contributed by atoms with Gasteiger partial charge in [0.1, 0.15) is 0 Å². The zero-order valence-electron chi connectivity index (χ0n) is 11.0. The Morgan fingerprint density at radius 1 is 1.30 bits per heavy atom. The zero-order valence-corrected chi connectivity index (χ0v) is 11.0. The number of aromatic nitrogens is 3. The molecule has 0 amide bonds. The summed E-state index contributed by atoms with van der Waals surface area (Å²) in [5.41, 5.74) is 6.02. The second-order valence-electron chi connectivity index (χ2n) is 4.27. The number of benzene rings is 1. The molecule has 104 valence electrons. The molecule has 0 saturated heterocycles. The lowest BCUT2D eigenvalue weighted by Gasteiger charge is -2.09. The van der Waals surface area contributed by atoms with E-state index >= 15 is 0 Å². The number of nitrogen functional groups attached to an aromatic ring is 1. The van der Waals surface area contributed by atoms with E-state index in [9.17, 15) is 10.1 Å². The van der Waals surface area contributed by atoms with Crippen LogP contribution in [0.15, 0.2) is 24.3 Å². The summed E-state index contributed by atoms with van der Waals surface area (Å²) in [5, 5.41) is 10.8. The fraction of sp³-hybridized carbons (Fsp3) is 0.250. The van der Waals surface area contributed by atoms with Crippen LogP contribution in [-0.2, 0) is 0 Å². The minimum Gasteiger partial charge on any atom is -0.461 e. The van der Waals surface area contributed by atoms with Gasteiger partial charge in [-0.25, -0.2) is 0 Å². The summed E-state index contributed by atoms with van der Waals surface area (Å²) in [6.45, 7) is 3.65. The molecule has 20 heavy (non-hydrogen) atoms. The van der Waals surface area contributed by atoms with Crippen molar-refractivity contribution in [2.24, 2.45) is 0 Å². The number of non-ortho nitro benzene ring substituents is 1. The van der Waals surface area contributed by atoms with Crippen molar-refractivity contribution in [1.29, 1.82) is 0 Å². The second-order valence-corrected chi connectivity index (χ2v) is 4.27. The largest absolute Gasteiger partial charge is 0.461 e. The van der Waals surface area contributed by atoms with Gasteiger partial charge >= 0.3 is 6.01 Å². The van der Waals surface area contributed by atoms with Gasteiger partial charge in [0.15, 0.2) is 5.82 Å². The molecule has 1 aromatic heterocycles. The lowest BCUT2D eigenvalue weighted by atomic mass is 10.2. The summed E-state index contributed by atoms with van der Waals surface area (Å²) >= 11 is 0. The van der Waals surface area contributed by atoms with Crippen LogP contribution >= 0.6 is 0 Å². The summed E-state index contributed by atoms with van der Waals surface area (Å²) < 4.78 is 5.36. The smallest absolute Gasteiger partial charge is 0.322 e. The van der Waals surface area contributed by atoms with Crippen LogP contribution in [0.3, 0.4) is 0 Å². The first-order valence-corrected chi connectivity index (χ1v) is 5.88. The van der Waals surface area contributed by atoms with E-state index in [0.717, 1.165) is 0 Å². The fourth-order valence-corrected chi connectivity index (χ4v) is 1.52. The molecule has 2 rings (SSSR count). The van der Waals surface area contributed by atoms with Gasteiger partial charge in [0.05, 0.1) is 11.0 Å². The Labute approximate surface area is 114 Å². The van der Waals surface area contributed by atoms with Crippen molar-refractivity contribution in [2.75, 3.05) is 5.73 Å². The molecule has 0 bridgehead atoms. The molecule has 0 unspecified atom stereocenters. The molecule has 0 aliphatic rings. The lowest BCUT2D eigenvalue weighted by molar-refractivity contribution is -0.384. The summed E-state index contributed by atoms with van der Waals surface area (Å²) in [6, 6.07) is 6.05. The Hall–Kier alpha value is -2.77. The highest BCUT2D eigenvalue weighted by Gasteiger charge is 2.12. The number of hydrogen-bond donors (Lipinski definition) is 1. The third kappa shape index (κ3) is 3.16. The SMILES string of the molecule is CC(C)Oc1nc(N)nc(-c2cccc([N+](=O)[O-])c2)n1.